The number of carbonyl (C=O) groups excluding carboxylic acids is 1. The van der Waals surface area contributed by atoms with Crippen LogP contribution < -0.4 is 5.32 Å². The Labute approximate surface area is 123 Å². The van der Waals surface area contributed by atoms with E-state index in [0.717, 1.165) is 12.2 Å². The van der Waals surface area contributed by atoms with Gasteiger partial charge < -0.3 is 9.73 Å². The minimum absolute atomic E-state index is 0.0649. The summed E-state index contributed by atoms with van der Waals surface area (Å²) in [6, 6.07) is 5.92. The quantitative estimate of drug-likeness (QED) is 0.853. The lowest BCUT2D eigenvalue weighted by Crippen LogP contribution is -2.34. The fourth-order valence-electron chi connectivity index (χ4n) is 2.01. The van der Waals surface area contributed by atoms with Crippen molar-refractivity contribution in [1.29, 1.82) is 0 Å². The molecule has 0 fully saturated rings. The lowest BCUT2D eigenvalue weighted by Gasteiger charge is -2.22. The van der Waals surface area contributed by atoms with Crippen LogP contribution in [0.5, 0.6) is 0 Å². The molecule has 1 atom stereocenters. The van der Waals surface area contributed by atoms with E-state index in [9.17, 15) is 4.79 Å². The third kappa shape index (κ3) is 4.21. The van der Waals surface area contributed by atoms with Crippen molar-refractivity contribution in [2.24, 2.45) is 0 Å². The summed E-state index contributed by atoms with van der Waals surface area (Å²) in [5, 5.41) is 7.09. The number of rotatable bonds is 7. The average Bonchev–Trinajstić information content (AvgIpc) is 3.09. The van der Waals surface area contributed by atoms with Crippen molar-refractivity contribution in [3.05, 3.63) is 46.5 Å². The molecule has 0 aliphatic carbocycles. The van der Waals surface area contributed by atoms with E-state index in [2.05, 4.69) is 16.8 Å². The molecule has 108 valence electrons. The first-order valence-electron chi connectivity index (χ1n) is 6.64. The summed E-state index contributed by atoms with van der Waals surface area (Å²) in [6.45, 7) is 0.559. The molecule has 0 spiro atoms. The Morgan fingerprint density at radius 3 is 2.90 bits per heavy atom. The zero-order valence-corrected chi connectivity index (χ0v) is 12.7. The van der Waals surface area contributed by atoms with Crippen molar-refractivity contribution >= 4 is 17.2 Å². The Balaban J connectivity index is 1.79. The fourth-order valence-corrected chi connectivity index (χ4v) is 2.71. The smallest absolute Gasteiger partial charge is 0.220 e. The summed E-state index contributed by atoms with van der Waals surface area (Å²) in [5.41, 5.74) is 1.22. The van der Waals surface area contributed by atoms with Crippen LogP contribution in [-0.2, 0) is 11.2 Å². The zero-order valence-electron chi connectivity index (χ0n) is 11.8. The van der Waals surface area contributed by atoms with E-state index in [-0.39, 0.29) is 11.9 Å². The monoisotopic (exact) mass is 292 g/mol. The van der Waals surface area contributed by atoms with Crippen molar-refractivity contribution in [2.75, 3.05) is 20.6 Å². The van der Waals surface area contributed by atoms with E-state index < -0.39 is 0 Å². The minimum Gasteiger partial charge on any atom is -0.468 e. The van der Waals surface area contributed by atoms with Gasteiger partial charge >= 0.3 is 0 Å². The number of hydrogen-bond acceptors (Lipinski definition) is 4. The summed E-state index contributed by atoms with van der Waals surface area (Å²) in [5.74, 6) is 0.947. The second kappa shape index (κ2) is 7.26. The molecule has 5 heteroatoms. The topological polar surface area (TPSA) is 45.5 Å². The summed E-state index contributed by atoms with van der Waals surface area (Å²) in [6.07, 6.45) is 2.97. The van der Waals surface area contributed by atoms with Crippen LogP contribution in [0.25, 0.3) is 0 Å². The molecule has 20 heavy (non-hydrogen) atoms. The number of thiophene rings is 1. The van der Waals surface area contributed by atoms with Crippen LogP contribution in [0.2, 0.25) is 0 Å². The van der Waals surface area contributed by atoms with Gasteiger partial charge in [0.25, 0.3) is 0 Å². The average molecular weight is 292 g/mol. The normalized spacial score (nSPS) is 12.6. The molecule has 0 aromatic carbocycles. The van der Waals surface area contributed by atoms with Gasteiger partial charge in [0.05, 0.1) is 12.3 Å². The largest absolute Gasteiger partial charge is 0.468 e. The first kappa shape index (κ1) is 14.8. The molecule has 0 radical (unpaired) electrons. The van der Waals surface area contributed by atoms with Gasteiger partial charge in [0, 0.05) is 13.0 Å². The molecule has 0 aliphatic rings. The van der Waals surface area contributed by atoms with Gasteiger partial charge in [-0.1, -0.05) is 0 Å². The van der Waals surface area contributed by atoms with E-state index in [1.807, 2.05) is 36.5 Å². The van der Waals surface area contributed by atoms with Crippen LogP contribution in [-0.4, -0.2) is 31.4 Å². The molecule has 0 aliphatic heterocycles. The number of likely N-dealkylation sites (N-methyl/N-ethyl adjacent to an activating group) is 1. The van der Waals surface area contributed by atoms with Crippen molar-refractivity contribution < 1.29 is 9.21 Å². The van der Waals surface area contributed by atoms with E-state index in [4.69, 9.17) is 4.42 Å². The van der Waals surface area contributed by atoms with E-state index in [1.165, 1.54) is 5.56 Å². The molecule has 2 rings (SSSR count). The molecule has 1 amide bonds. The van der Waals surface area contributed by atoms with Gasteiger partial charge in [-0.15, -0.1) is 0 Å². The predicted molar refractivity (Wildman–Crippen MR) is 80.8 cm³/mol. The standard InChI is InChI=1S/C15H20N2O2S/c1-17(2)13(14-4-3-8-19-14)10-16-15(18)6-5-12-7-9-20-11-12/h3-4,7-9,11,13H,5-6,10H2,1-2H3,(H,16,18)/t13-/m1/s1. The third-order valence-corrected chi connectivity index (χ3v) is 3.94. The van der Waals surface area contributed by atoms with Crippen LogP contribution in [0.4, 0.5) is 0 Å². The number of aryl methyl sites for hydroxylation is 1. The molecule has 4 nitrogen and oxygen atoms in total. The Morgan fingerprint density at radius 2 is 2.30 bits per heavy atom. The zero-order chi connectivity index (χ0) is 14.4. The molecule has 0 saturated carbocycles. The van der Waals surface area contributed by atoms with Crippen LogP contribution in [0.1, 0.15) is 23.8 Å². The highest BCUT2D eigenvalue weighted by molar-refractivity contribution is 7.07. The lowest BCUT2D eigenvalue weighted by atomic mass is 10.1. The van der Waals surface area contributed by atoms with Gasteiger partial charge in [-0.2, -0.15) is 11.3 Å². The molecule has 1 N–H and O–H groups in total. The van der Waals surface area contributed by atoms with Gasteiger partial charge in [-0.25, -0.2) is 0 Å². The molecule has 2 aromatic rings. The van der Waals surface area contributed by atoms with Crippen molar-refractivity contribution in [2.45, 2.75) is 18.9 Å². The minimum atomic E-state index is 0.0649. The maximum atomic E-state index is 11.9. The maximum Gasteiger partial charge on any atom is 0.220 e. The van der Waals surface area contributed by atoms with Crippen molar-refractivity contribution in [3.8, 4) is 0 Å². The number of nitrogens with one attached hydrogen (secondary N) is 1. The first-order chi connectivity index (χ1) is 9.66. The second-order valence-electron chi connectivity index (χ2n) is 4.93. The summed E-state index contributed by atoms with van der Waals surface area (Å²) >= 11 is 1.66. The number of amides is 1. The summed E-state index contributed by atoms with van der Waals surface area (Å²) in [7, 11) is 3.95. The Hall–Kier alpha value is -1.59. The third-order valence-electron chi connectivity index (χ3n) is 3.21. The maximum absolute atomic E-state index is 11.9. The van der Waals surface area contributed by atoms with Gasteiger partial charge in [-0.3, -0.25) is 9.69 Å². The predicted octanol–water partition coefficient (Wildman–Crippen LogP) is 2.69. The number of hydrogen-bond donors (Lipinski definition) is 1. The number of carbonyl (C=O) groups is 1. The highest BCUT2D eigenvalue weighted by Crippen LogP contribution is 2.17. The molecular formula is C15H20N2O2S. The molecule has 0 bridgehead atoms. The van der Waals surface area contributed by atoms with Crippen LogP contribution in [0.3, 0.4) is 0 Å². The molecule has 2 aromatic heterocycles. The Bertz CT molecular complexity index is 506. The second-order valence-corrected chi connectivity index (χ2v) is 5.71. The number of furan rings is 1. The van der Waals surface area contributed by atoms with E-state index >= 15 is 0 Å². The summed E-state index contributed by atoms with van der Waals surface area (Å²) in [4.78, 5) is 13.9. The molecule has 0 saturated heterocycles. The van der Waals surface area contributed by atoms with Crippen LogP contribution in [0, 0.1) is 0 Å². The molecular weight excluding hydrogens is 272 g/mol. The highest BCUT2D eigenvalue weighted by atomic mass is 32.1. The molecule has 0 unspecified atom stereocenters. The SMILES string of the molecule is CN(C)[C@H](CNC(=O)CCc1ccsc1)c1ccco1. The van der Waals surface area contributed by atoms with Gasteiger partial charge in [0.1, 0.15) is 5.76 Å². The number of nitrogens with zero attached hydrogens (tertiary/aromatic N) is 1. The molecule has 2 heterocycles. The van der Waals surface area contributed by atoms with E-state index in [1.54, 1.807) is 17.6 Å². The van der Waals surface area contributed by atoms with Crippen LogP contribution in [0.15, 0.2) is 39.6 Å². The fraction of sp³-hybridized carbons (Fsp3) is 0.400. The van der Waals surface area contributed by atoms with Gasteiger partial charge in [-0.05, 0) is 55.0 Å². The van der Waals surface area contributed by atoms with Crippen molar-refractivity contribution in [3.63, 3.8) is 0 Å². The Kier molecular flexibility index (Phi) is 5.38. The Morgan fingerprint density at radius 1 is 1.45 bits per heavy atom. The van der Waals surface area contributed by atoms with Gasteiger partial charge in [0.2, 0.25) is 5.91 Å². The van der Waals surface area contributed by atoms with Crippen molar-refractivity contribution in [1.82, 2.24) is 10.2 Å². The lowest BCUT2D eigenvalue weighted by molar-refractivity contribution is -0.121. The first-order valence-corrected chi connectivity index (χ1v) is 7.58. The van der Waals surface area contributed by atoms with Crippen LogP contribution >= 0.6 is 11.3 Å². The van der Waals surface area contributed by atoms with Gasteiger partial charge in [0.15, 0.2) is 0 Å². The summed E-state index contributed by atoms with van der Waals surface area (Å²) < 4.78 is 5.42. The highest BCUT2D eigenvalue weighted by Gasteiger charge is 2.17. The van der Waals surface area contributed by atoms with E-state index in [0.29, 0.717) is 13.0 Å².